The number of pyridine rings is 1. The zero-order valence-electron chi connectivity index (χ0n) is 9.77. The second kappa shape index (κ2) is 4.46. The lowest BCUT2D eigenvalue weighted by Crippen LogP contribution is -2.47. The third-order valence-corrected chi connectivity index (χ3v) is 4.18. The Bertz CT molecular complexity index is 391. The van der Waals surface area contributed by atoms with E-state index in [1.165, 1.54) is 12.8 Å². The topological polar surface area (TPSA) is 45.4 Å². The maximum atomic E-state index is 6.01. The molecule has 5 heteroatoms. The van der Waals surface area contributed by atoms with E-state index in [-0.39, 0.29) is 0 Å². The highest BCUT2D eigenvalue weighted by atomic mass is 79.9. The number of hydrogen-bond acceptors (Lipinski definition) is 4. The summed E-state index contributed by atoms with van der Waals surface area (Å²) in [5.41, 5.74) is 7.88. The molecule has 0 atom stereocenters. The van der Waals surface area contributed by atoms with Gasteiger partial charge in [-0.3, -0.25) is 9.88 Å². The van der Waals surface area contributed by atoms with Crippen molar-refractivity contribution in [2.45, 2.75) is 18.9 Å². The summed E-state index contributed by atoms with van der Waals surface area (Å²) in [5, 5.41) is 0. The number of nitrogens with zero attached hydrogens (tertiary/aromatic N) is 3. The fraction of sp³-hybridized carbons (Fsp3) is 0.583. The van der Waals surface area contributed by atoms with Crippen molar-refractivity contribution in [1.82, 2.24) is 9.88 Å². The van der Waals surface area contributed by atoms with Crippen LogP contribution in [0.5, 0.6) is 0 Å². The highest BCUT2D eigenvalue weighted by Gasteiger charge is 2.31. The molecule has 17 heavy (non-hydrogen) atoms. The van der Waals surface area contributed by atoms with Crippen LogP contribution >= 0.6 is 15.9 Å². The Hall–Kier alpha value is -0.810. The molecule has 0 unspecified atom stereocenters. The lowest BCUT2D eigenvalue weighted by molar-refractivity contribution is 0.248. The van der Waals surface area contributed by atoms with E-state index in [0.29, 0.717) is 0 Å². The number of rotatable bonds is 2. The van der Waals surface area contributed by atoms with Crippen LogP contribution in [0.4, 0.5) is 11.4 Å². The van der Waals surface area contributed by atoms with Crippen molar-refractivity contribution in [2.75, 3.05) is 36.8 Å². The average molecular weight is 297 g/mol. The van der Waals surface area contributed by atoms with Gasteiger partial charge in [0.15, 0.2) is 0 Å². The molecule has 0 amide bonds. The van der Waals surface area contributed by atoms with E-state index >= 15 is 0 Å². The van der Waals surface area contributed by atoms with Crippen LogP contribution in [0.3, 0.4) is 0 Å². The molecule has 4 nitrogen and oxygen atoms in total. The fourth-order valence-electron chi connectivity index (χ4n) is 2.53. The summed E-state index contributed by atoms with van der Waals surface area (Å²) in [7, 11) is 0. The highest BCUT2D eigenvalue weighted by Crippen LogP contribution is 2.33. The van der Waals surface area contributed by atoms with Crippen molar-refractivity contribution < 1.29 is 0 Å². The Labute approximate surface area is 110 Å². The fourth-order valence-corrected chi connectivity index (χ4v) is 3.13. The van der Waals surface area contributed by atoms with Crippen LogP contribution in [-0.4, -0.2) is 42.1 Å². The Kier molecular flexibility index (Phi) is 2.96. The molecule has 3 rings (SSSR count). The van der Waals surface area contributed by atoms with Crippen LogP contribution in [0.25, 0.3) is 0 Å². The van der Waals surface area contributed by atoms with E-state index in [0.717, 1.165) is 48.1 Å². The molecule has 1 saturated heterocycles. The van der Waals surface area contributed by atoms with Crippen molar-refractivity contribution >= 4 is 27.3 Å². The molecular formula is C12H17BrN4. The van der Waals surface area contributed by atoms with Crippen LogP contribution in [0.1, 0.15) is 12.8 Å². The number of halogens is 1. The maximum Gasteiger partial charge on any atom is 0.0776 e. The highest BCUT2D eigenvalue weighted by molar-refractivity contribution is 9.10. The van der Waals surface area contributed by atoms with Gasteiger partial charge in [0.05, 0.1) is 22.0 Å². The minimum Gasteiger partial charge on any atom is -0.396 e. The van der Waals surface area contributed by atoms with Gasteiger partial charge in [0, 0.05) is 38.4 Å². The van der Waals surface area contributed by atoms with Crippen molar-refractivity contribution in [3.8, 4) is 0 Å². The van der Waals surface area contributed by atoms with Crippen LogP contribution < -0.4 is 10.6 Å². The Morgan fingerprint density at radius 2 is 1.88 bits per heavy atom. The standard InChI is InChI=1S/C12H17BrN4/c13-10-7-15-8-11(14)12(10)17-5-3-16(4-6-17)9-1-2-9/h7-9H,1-6,14H2. The molecule has 0 aromatic carbocycles. The predicted molar refractivity (Wildman–Crippen MR) is 73.2 cm³/mol. The summed E-state index contributed by atoms with van der Waals surface area (Å²) in [6, 6.07) is 0.871. The molecule has 2 fully saturated rings. The first-order valence-electron chi connectivity index (χ1n) is 6.13. The second-order valence-corrected chi connectivity index (χ2v) is 5.67. The van der Waals surface area contributed by atoms with Crippen LogP contribution in [0, 0.1) is 0 Å². The molecule has 2 N–H and O–H groups in total. The summed E-state index contributed by atoms with van der Waals surface area (Å²) in [4.78, 5) is 9.04. The van der Waals surface area contributed by atoms with Crippen molar-refractivity contribution in [2.24, 2.45) is 0 Å². The minimum absolute atomic E-state index is 0.763. The van der Waals surface area contributed by atoms with E-state index in [1.807, 2.05) is 6.20 Å². The van der Waals surface area contributed by atoms with Crippen molar-refractivity contribution in [3.05, 3.63) is 16.9 Å². The average Bonchev–Trinajstić information content (AvgIpc) is 3.14. The summed E-state index contributed by atoms with van der Waals surface area (Å²) in [6.45, 7) is 4.42. The maximum absolute atomic E-state index is 6.01. The number of piperazine rings is 1. The van der Waals surface area contributed by atoms with Gasteiger partial charge < -0.3 is 10.6 Å². The molecule has 0 bridgehead atoms. The lowest BCUT2D eigenvalue weighted by Gasteiger charge is -2.37. The minimum atomic E-state index is 0.763. The number of nitrogens with two attached hydrogens (primary N) is 1. The molecular weight excluding hydrogens is 280 g/mol. The number of hydrogen-bond donors (Lipinski definition) is 1. The molecule has 2 heterocycles. The number of aromatic nitrogens is 1. The van der Waals surface area contributed by atoms with Crippen LogP contribution in [-0.2, 0) is 0 Å². The third kappa shape index (κ3) is 2.26. The molecule has 1 saturated carbocycles. The summed E-state index contributed by atoms with van der Waals surface area (Å²) in [6.07, 6.45) is 6.33. The van der Waals surface area contributed by atoms with E-state index in [9.17, 15) is 0 Å². The predicted octanol–water partition coefficient (Wildman–Crippen LogP) is 1.71. The monoisotopic (exact) mass is 296 g/mol. The number of nitrogen functional groups attached to an aromatic ring is 1. The summed E-state index contributed by atoms with van der Waals surface area (Å²) in [5.74, 6) is 0. The molecule has 1 aliphatic carbocycles. The SMILES string of the molecule is Nc1cncc(Br)c1N1CCN(C2CC2)CC1. The number of anilines is 2. The molecule has 92 valence electrons. The quantitative estimate of drug-likeness (QED) is 0.902. The summed E-state index contributed by atoms with van der Waals surface area (Å²) >= 11 is 3.54. The van der Waals surface area contributed by atoms with Gasteiger partial charge in [0.1, 0.15) is 0 Å². The smallest absolute Gasteiger partial charge is 0.0776 e. The third-order valence-electron chi connectivity index (χ3n) is 3.59. The van der Waals surface area contributed by atoms with Gasteiger partial charge in [0.2, 0.25) is 0 Å². The van der Waals surface area contributed by atoms with Gasteiger partial charge in [-0.15, -0.1) is 0 Å². The molecule has 0 radical (unpaired) electrons. The van der Waals surface area contributed by atoms with Gasteiger partial charge in [-0.05, 0) is 28.8 Å². The van der Waals surface area contributed by atoms with Gasteiger partial charge in [0.25, 0.3) is 0 Å². The van der Waals surface area contributed by atoms with Gasteiger partial charge >= 0.3 is 0 Å². The molecule has 1 aliphatic heterocycles. The Morgan fingerprint density at radius 1 is 1.18 bits per heavy atom. The van der Waals surface area contributed by atoms with E-state index in [2.05, 4.69) is 30.7 Å². The molecule has 1 aromatic rings. The lowest BCUT2D eigenvalue weighted by atomic mass is 10.2. The zero-order valence-corrected chi connectivity index (χ0v) is 11.4. The first-order valence-corrected chi connectivity index (χ1v) is 6.93. The normalized spacial score (nSPS) is 21.8. The Balaban J connectivity index is 1.73. The van der Waals surface area contributed by atoms with Crippen molar-refractivity contribution in [1.29, 1.82) is 0 Å². The van der Waals surface area contributed by atoms with Crippen molar-refractivity contribution in [3.63, 3.8) is 0 Å². The zero-order chi connectivity index (χ0) is 11.8. The van der Waals surface area contributed by atoms with Gasteiger partial charge in [-0.25, -0.2) is 0 Å². The van der Waals surface area contributed by atoms with E-state index in [1.54, 1.807) is 6.20 Å². The molecule has 0 spiro atoms. The second-order valence-electron chi connectivity index (χ2n) is 4.81. The van der Waals surface area contributed by atoms with Gasteiger partial charge in [-0.1, -0.05) is 0 Å². The molecule has 1 aromatic heterocycles. The van der Waals surface area contributed by atoms with Crippen LogP contribution in [0.15, 0.2) is 16.9 Å². The molecule has 2 aliphatic rings. The summed E-state index contributed by atoms with van der Waals surface area (Å²) < 4.78 is 0.998. The Morgan fingerprint density at radius 3 is 2.47 bits per heavy atom. The first kappa shape index (κ1) is 11.3. The largest absolute Gasteiger partial charge is 0.396 e. The first-order chi connectivity index (χ1) is 8.25. The van der Waals surface area contributed by atoms with E-state index in [4.69, 9.17) is 5.73 Å². The van der Waals surface area contributed by atoms with E-state index < -0.39 is 0 Å². The van der Waals surface area contributed by atoms with Crippen LogP contribution in [0.2, 0.25) is 0 Å². The van der Waals surface area contributed by atoms with Gasteiger partial charge in [-0.2, -0.15) is 0 Å².